The summed E-state index contributed by atoms with van der Waals surface area (Å²) >= 11 is 0.935. The summed E-state index contributed by atoms with van der Waals surface area (Å²) < 4.78 is 18.7. The number of hydrogen-bond donors (Lipinski definition) is 2. The first-order valence-electron chi connectivity index (χ1n) is 9.02. The van der Waals surface area contributed by atoms with Crippen molar-refractivity contribution in [3.8, 4) is 0 Å². The maximum Gasteiger partial charge on any atom is 0.341 e. The van der Waals surface area contributed by atoms with E-state index in [1.807, 2.05) is 30.3 Å². The van der Waals surface area contributed by atoms with Gasteiger partial charge in [-0.2, -0.15) is 0 Å². The zero-order valence-corrected chi connectivity index (χ0v) is 17.1. The molecule has 0 saturated heterocycles. The molecule has 0 spiro atoms. The monoisotopic (exact) mass is 426 g/mol. The number of carbonyl (C=O) groups is 3. The number of thiophene rings is 1. The van der Waals surface area contributed by atoms with Gasteiger partial charge in [0.05, 0.1) is 23.1 Å². The second-order valence-corrected chi connectivity index (χ2v) is 7.37. The lowest BCUT2D eigenvalue weighted by Crippen LogP contribution is -2.22. The molecule has 8 heteroatoms. The third-order valence-corrected chi connectivity index (χ3v) is 5.59. The number of carbonyl (C=O) groups excluding carboxylic acids is 3. The normalized spacial score (nSPS) is 10.4. The number of benzene rings is 2. The van der Waals surface area contributed by atoms with Crippen LogP contribution in [0.25, 0.3) is 0 Å². The lowest BCUT2D eigenvalue weighted by atomic mass is 10.1. The topological polar surface area (TPSA) is 84.5 Å². The predicted octanol–water partition coefficient (Wildman–Crippen LogP) is 4.16. The Morgan fingerprint density at radius 1 is 1.00 bits per heavy atom. The Labute approximate surface area is 176 Å². The molecule has 30 heavy (non-hydrogen) atoms. The van der Waals surface area contributed by atoms with Crippen molar-refractivity contribution in [2.24, 2.45) is 0 Å². The van der Waals surface area contributed by atoms with Crippen LogP contribution < -0.4 is 10.6 Å². The largest absolute Gasteiger partial charge is 0.465 e. The molecule has 0 fully saturated rings. The second kappa shape index (κ2) is 9.32. The Morgan fingerprint density at radius 3 is 2.33 bits per heavy atom. The standard InChI is InChI=1S/C22H19FN2O4S/c1-13-17(22(28)29-2)21(25-19(26)15-10-6-7-11-16(15)23)30-18(13)20(27)24-12-14-8-4-3-5-9-14/h3-11H,12H2,1-2H3,(H,24,27)(H,25,26). The van der Waals surface area contributed by atoms with E-state index >= 15 is 0 Å². The van der Waals surface area contributed by atoms with E-state index in [0.29, 0.717) is 12.1 Å². The van der Waals surface area contributed by atoms with Crippen molar-refractivity contribution in [2.45, 2.75) is 13.5 Å². The molecular weight excluding hydrogens is 407 g/mol. The Balaban J connectivity index is 1.87. The minimum Gasteiger partial charge on any atom is -0.465 e. The quantitative estimate of drug-likeness (QED) is 0.580. The van der Waals surface area contributed by atoms with E-state index in [9.17, 15) is 18.8 Å². The number of amides is 2. The van der Waals surface area contributed by atoms with Gasteiger partial charge in [-0.3, -0.25) is 9.59 Å². The van der Waals surface area contributed by atoms with Crippen LogP contribution in [0.4, 0.5) is 9.39 Å². The highest BCUT2D eigenvalue weighted by molar-refractivity contribution is 7.18. The SMILES string of the molecule is COC(=O)c1c(NC(=O)c2ccccc2F)sc(C(=O)NCc2ccccc2)c1C. The number of anilines is 1. The lowest BCUT2D eigenvalue weighted by molar-refractivity contribution is 0.0601. The molecule has 3 rings (SSSR count). The van der Waals surface area contributed by atoms with Crippen LogP contribution in [-0.2, 0) is 11.3 Å². The lowest BCUT2D eigenvalue weighted by Gasteiger charge is -2.06. The summed E-state index contributed by atoms with van der Waals surface area (Å²) in [6.45, 7) is 1.90. The molecule has 0 radical (unpaired) electrons. The third kappa shape index (κ3) is 4.55. The first-order valence-corrected chi connectivity index (χ1v) is 9.83. The maximum atomic E-state index is 13.9. The van der Waals surface area contributed by atoms with Gasteiger partial charge in [0.15, 0.2) is 0 Å². The van der Waals surface area contributed by atoms with Crippen molar-refractivity contribution < 1.29 is 23.5 Å². The highest BCUT2D eigenvalue weighted by atomic mass is 32.1. The zero-order chi connectivity index (χ0) is 21.7. The number of methoxy groups -OCH3 is 1. The molecule has 2 N–H and O–H groups in total. The van der Waals surface area contributed by atoms with Crippen molar-refractivity contribution in [3.63, 3.8) is 0 Å². The molecule has 0 aliphatic carbocycles. The molecule has 6 nitrogen and oxygen atoms in total. The summed E-state index contributed by atoms with van der Waals surface area (Å²) in [4.78, 5) is 37.7. The number of halogens is 1. The summed E-state index contributed by atoms with van der Waals surface area (Å²) in [5.41, 5.74) is 1.19. The van der Waals surface area contributed by atoms with Gasteiger partial charge < -0.3 is 15.4 Å². The first-order chi connectivity index (χ1) is 14.4. The Morgan fingerprint density at radius 2 is 1.67 bits per heavy atom. The van der Waals surface area contributed by atoms with Gasteiger partial charge in [-0.05, 0) is 30.2 Å². The summed E-state index contributed by atoms with van der Waals surface area (Å²) in [5.74, 6) is -2.51. The molecule has 2 amide bonds. The molecule has 0 aliphatic heterocycles. The fraction of sp³-hybridized carbons (Fsp3) is 0.136. The van der Waals surface area contributed by atoms with E-state index in [-0.39, 0.29) is 21.0 Å². The van der Waals surface area contributed by atoms with Gasteiger partial charge in [-0.25, -0.2) is 9.18 Å². The van der Waals surface area contributed by atoms with Crippen LogP contribution in [0.1, 0.15) is 41.5 Å². The average Bonchev–Trinajstić information content (AvgIpc) is 3.08. The van der Waals surface area contributed by atoms with E-state index in [2.05, 4.69) is 10.6 Å². The number of esters is 1. The van der Waals surface area contributed by atoms with Gasteiger partial charge in [0, 0.05) is 6.54 Å². The van der Waals surface area contributed by atoms with Crippen LogP contribution in [0.3, 0.4) is 0 Å². The molecule has 0 atom stereocenters. The van der Waals surface area contributed by atoms with Crippen molar-refractivity contribution in [1.82, 2.24) is 5.32 Å². The van der Waals surface area contributed by atoms with Crippen LogP contribution in [-0.4, -0.2) is 24.9 Å². The summed E-state index contributed by atoms with van der Waals surface area (Å²) in [6, 6.07) is 14.9. The molecule has 0 unspecified atom stereocenters. The van der Waals surface area contributed by atoms with E-state index < -0.39 is 23.6 Å². The van der Waals surface area contributed by atoms with Crippen molar-refractivity contribution in [2.75, 3.05) is 12.4 Å². The first kappa shape index (κ1) is 21.2. The molecule has 154 valence electrons. The zero-order valence-electron chi connectivity index (χ0n) is 16.3. The summed E-state index contributed by atoms with van der Waals surface area (Å²) in [7, 11) is 1.21. The van der Waals surface area contributed by atoms with Crippen molar-refractivity contribution in [3.05, 3.63) is 87.5 Å². The molecule has 3 aromatic rings. The van der Waals surface area contributed by atoms with Crippen LogP contribution in [0.2, 0.25) is 0 Å². The van der Waals surface area contributed by atoms with Crippen molar-refractivity contribution >= 4 is 34.1 Å². The maximum absolute atomic E-state index is 13.9. The van der Waals surface area contributed by atoms with Gasteiger partial charge in [0.1, 0.15) is 10.8 Å². The van der Waals surface area contributed by atoms with E-state index in [1.54, 1.807) is 6.92 Å². The minimum atomic E-state index is -0.726. The molecular formula is C22H19FN2O4S. The molecule has 0 saturated carbocycles. The average molecular weight is 426 g/mol. The summed E-state index contributed by atoms with van der Waals surface area (Å²) in [6.07, 6.45) is 0. The Hall–Kier alpha value is -3.52. The predicted molar refractivity (Wildman–Crippen MR) is 112 cm³/mol. The van der Waals surface area contributed by atoms with E-state index in [0.717, 1.165) is 23.0 Å². The highest BCUT2D eigenvalue weighted by Gasteiger charge is 2.27. The van der Waals surface area contributed by atoms with Crippen LogP contribution in [0.15, 0.2) is 54.6 Å². The molecule has 1 heterocycles. The molecule has 0 aliphatic rings. The summed E-state index contributed by atoms with van der Waals surface area (Å²) in [5, 5.41) is 5.45. The fourth-order valence-electron chi connectivity index (χ4n) is 2.84. The van der Waals surface area contributed by atoms with Gasteiger partial charge in [0.25, 0.3) is 11.8 Å². The third-order valence-electron chi connectivity index (χ3n) is 4.38. The van der Waals surface area contributed by atoms with Crippen molar-refractivity contribution in [1.29, 1.82) is 0 Å². The number of rotatable bonds is 6. The van der Waals surface area contributed by atoms with Gasteiger partial charge in [-0.15, -0.1) is 11.3 Å². The van der Waals surface area contributed by atoms with E-state index in [1.165, 1.54) is 25.3 Å². The van der Waals surface area contributed by atoms with E-state index in [4.69, 9.17) is 4.74 Å². The fourth-order valence-corrected chi connectivity index (χ4v) is 3.95. The highest BCUT2D eigenvalue weighted by Crippen LogP contribution is 2.34. The van der Waals surface area contributed by atoms with Crippen LogP contribution in [0, 0.1) is 12.7 Å². The molecule has 0 bridgehead atoms. The smallest absolute Gasteiger partial charge is 0.341 e. The van der Waals surface area contributed by atoms with Crippen LogP contribution in [0.5, 0.6) is 0 Å². The molecule has 2 aromatic carbocycles. The minimum absolute atomic E-state index is 0.0667. The number of hydrogen-bond acceptors (Lipinski definition) is 5. The number of ether oxygens (including phenoxy) is 1. The number of nitrogens with one attached hydrogen (secondary N) is 2. The van der Waals surface area contributed by atoms with Gasteiger partial charge in [-0.1, -0.05) is 42.5 Å². The van der Waals surface area contributed by atoms with Gasteiger partial charge in [0.2, 0.25) is 0 Å². The Bertz CT molecular complexity index is 1100. The second-order valence-electron chi connectivity index (χ2n) is 6.35. The Kier molecular flexibility index (Phi) is 6.58. The van der Waals surface area contributed by atoms with Crippen LogP contribution >= 0.6 is 11.3 Å². The molecule has 1 aromatic heterocycles. The van der Waals surface area contributed by atoms with Gasteiger partial charge >= 0.3 is 5.97 Å².